The van der Waals surface area contributed by atoms with E-state index in [1.807, 2.05) is 0 Å². The molecule has 0 aromatic carbocycles. The second kappa shape index (κ2) is 23.4. The van der Waals surface area contributed by atoms with Gasteiger partial charge in [0.15, 0.2) is 0 Å². The van der Waals surface area contributed by atoms with Gasteiger partial charge in [0.25, 0.3) is 0 Å². The summed E-state index contributed by atoms with van der Waals surface area (Å²) in [6.45, 7) is 0. The number of halogens is 4. The second-order valence-corrected chi connectivity index (χ2v) is 5.60. The maximum atomic E-state index is 5.28. The van der Waals surface area contributed by atoms with Crippen molar-refractivity contribution >= 4 is 64.2 Å². The van der Waals surface area contributed by atoms with Crippen LogP contribution < -0.4 is 4.69 Å². The van der Waals surface area contributed by atoms with Crippen molar-refractivity contribution in [3.8, 4) is 0 Å². The Morgan fingerprint density at radius 1 is 0.875 bits per heavy atom. The molecule has 0 fully saturated rings. The molecule has 0 unspecified atom stereocenters. The molecule has 8 heavy (non-hydrogen) atoms. The predicted octanol–water partition coefficient (Wildman–Crippen LogP) is 1.88. The third-order valence-corrected chi connectivity index (χ3v) is 0. The van der Waals surface area contributed by atoms with Gasteiger partial charge in [0.2, 0.25) is 0 Å². The fourth-order valence-electron chi connectivity index (χ4n) is 0. The Labute approximate surface area is 80.1 Å². The molecule has 1 nitrogen and oxygen atoms in total. The molecule has 57 valence electrons. The molecule has 0 rings (SSSR count). The van der Waals surface area contributed by atoms with Crippen molar-refractivity contribution in [3.63, 3.8) is 0 Å². The quantitative estimate of drug-likeness (QED) is 0.664. The van der Waals surface area contributed by atoms with Crippen LogP contribution in [0.15, 0.2) is 0 Å². The molecule has 0 aromatic heterocycles. The first kappa shape index (κ1) is 33.4. The van der Waals surface area contributed by atoms with Gasteiger partial charge in [0, 0.05) is 0 Å². The van der Waals surface area contributed by atoms with Gasteiger partial charge in [0.1, 0.15) is 0 Å². The van der Waals surface area contributed by atoms with Crippen molar-refractivity contribution < 1.29 is 0 Å². The van der Waals surface area contributed by atoms with Crippen LogP contribution in [0.5, 0.6) is 0 Å². The molecule has 2 N–H and O–H groups in total. The third kappa shape index (κ3) is 123. The molecule has 0 saturated carbocycles. The summed E-state index contributed by atoms with van der Waals surface area (Å²) in [4.78, 5) is 0. The third-order valence-electron chi connectivity index (χ3n) is 0. The minimum absolute atomic E-state index is 0. The Morgan fingerprint density at radius 2 is 0.875 bits per heavy atom. The van der Waals surface area contributed by atoms with Crippen molar-refractivity contribution in [2.24, 2.45) is 4.69 Å². The first-order chi connectivity index (χ1) is 1.73. The van der Waals surface area contributed by atoms with E-state index in [-0.39, 0.29) is 49.6 Å². The van der Waals surface area contributed by atoms with Crippen LogP contribution in [0.2, 0.25) is 11.5 Å². The van der Waals surface area contributed by atoms with E-state index in [0.29, 0.717) is 0 Å². The zero-order valence-corrected chi connectivity index (χ0v) is 10.1. The zero-order valence-electron chi connectivity index (χ0n) is 4.71. The Bertz CT molecular complexity index is 18.8. The van der Waals surface area contributed by atoms with Crippen LogP contribution in [-0.2, 0) is 0 Å². The molecule has 0 amide bonds. The Balaban J connectivity index is -0.00000000750. The Morgan fingerprint density at radius 3 is 0.875 bits per heavy atom. The number of nitrogens with two attached hydrogens (primary N) is 1. The number of hydrogen-bond acceptors (Lipinski definition) is 1. The van der Waals surface area contributed by atoms with Gasteiger partial charge in [-0.2, -0.15) is 0 Å². The SMILES string of the molecule is Cl.Cl.Cl.Cl.[CH3][Ge]([CH3])[NH2]. The van der Waals surface area contributed by atoms with E-state index in [1.165, 1.54) is 0 Å². The first-order valence-electron chi connectivity index (χ1n) is 1.29. The molecular weight excluding hydrogens is 252 g/mol. The minimum atomic E-state index is -0.833. The van der Waals surface area contributed by atoms with E-state index >= 15 is 0 Å². The zero-order chi connectivity index (χ0) is 3.58. The van der Waals surface area contributed by atoms with Crippen LogP contribution >= 0.6 is 49.6 Å². The van der Waals surface area contributed by atoms with Gasteiger partial charge >= 0.3 is 30.8 Å². The van der Waals surface area contributed by atoms with Crippen molar-refractivity contribution in [3.05, 3.63) is 0 Å². The number of rotatable bonds is 0. The monoisotopic (exact) mass is 264 g/mol. The van der Waals surface area contributed by atoms with Gasteiger partial charge in [0.05, 0.1) is 0 Å². The van der Waals surface area contributed by atoms with Crippen LogP contribution in [0.4, 0.5) is 0 Å². The summed E-state index contributed by atoms with van der Waals surface area (Å²) in [6.07, 6.45) is 0. The summed E-state index contributed by atoms with van der Waals surface area (Å²) in [5, 5.41) is 0. The molecule has 0 atom stereocenters. The van der Waals surface area contributed by atoms with E-state index in [4.69, 9.17) is 4.69 Å². The van der Waals surface area contributed by atoms with Gasteiger partial charge in [-0.1, -0.05) is 0 Å². The summed E-state index contributed by atoms with van der Waals surface area (Å²) >= 11 is -0.833. The van der Waals surface area contributed by atoms with E-state index in [2.05, 4.69) is 11.5 Å². The van der Waals surface area contributed by atoms with Gasteiger partial charge in [-0.25, -0.2) is 0 Å². The van der Waals surface area contributed by atoms with E-state index < -0.39 is 14.6 Å². The van der Waals surface area contributed by atoms with E-state index in [0.717, 1.165) is 0 Å². The Kier molecular flexibility index (Phi) is 97.5. The second-order valence-electron chi connectivity index (χ2n) is 1.08. The van der Waals surface area contributed by atoms with E-state index in [9.17, 15) is 0 Å². The van der Waals surface area contributed by atoms with Crippen LogP contribution in [0.3, 0.4) is 0 Å². The molecule has 6 heteroatoms. The molecular formula is C2H12Cl4GeN. The number of hydrogen-bond donors (Lipinski definition) is 1. The molecule has 0 spiro atoms. The standard InChI is InChI=1S/C2H8GeN.4ClH/c1-3(2)4;;;;/h4H2,1-2H3;4*1H. The fourth-order valence-corrected chi connectivity index (χ4v) is 0. The van der Waals surface area contributed by atoms with Gasteiger partial charge in [-0.05, 0) is 0 Å². The van der Waals surface area contributed by atoms with Gasteiger partial charge in [-0.3, -0.25) is 0 Å². The summed E-state index contributed by atoms with van der Waals surface area (Å²) in [7, 11) is 0. The van der Waals surface area contributed by atoms with Gasteiger partial charge in [-0.15, -0.1) is 49.6 Å². The molecule has 0 bridgehead atoms. The van der Waals surface area contributed by atoms with Crippen LogP contribution in [0.25, 0.3) is 0 Å². The van der Waals surface area contributed by atoms with E-state index in [1.54, 1.807) is 0 Å². The maximum absolute atomic E-state index is 5.28. The van der Waals surface area contributed by atoms with Crippen molar-refractivity contribution in [1.29, 1.82) is 0 Å². The van der Waals surface area contributed by atoms with Crippen molar-refractivity contribution in [2.45, 2.75) is 11.5 Å². The molecule has 1 radical (unpaired) electrons. The average molecular weight is 265 g/mol. The first-order valence-corrected chi connectivity index (χ1v) is 6.70. The van der Waals surface area contributed by atoms with Crippen LogP contribution in [0.1, 0.15) is 0 Å². The molecule has 0 heterocycles. The molecule has 0 aromatic rings. The summed E-state index contributed by atoms with van der Waals surface area (Å²) in [5.74, 6) is 4.22. The van der Waals surface area contributed by atoms with Crippen molar-refractivity contribution in [2.75, 3.05) is 0 Å². The summed E-state index contributed by atoms with van der Waals surface area (Å²) in [6, 6.07) is 0. The molecule has 0 aliphatic carbocycles. The summed E-state index contributed by atoms with van der Waals surface area (Å²) < 4.78 is 5.28. The molecule has 0 aliphatic rings. The molecule has 0 saturated heterocycles. The Hall–Kier alpha value is 1.66. The fraction of sp³-hybridized carbons (Fsp3) is 1.00. The predicted molar refractivity (Wildman–Crippen MR) is 50.7 cm³/mol. The van der Waals surface area contributed by atoms with Crippen molar-refractivity contribution in [1.82, 2.24) is 0 Å². The normalized spacial score (nSPS) is 4.50. The molecule has 0 aliphatic heterocycles. The average Bonchev–Trinajstić information content (AvgIpc) is 0.811. The van der Waals surface area contributed by atoms with Gasteiger partial charge < -0.3 is 0 Å². The topological polar surface area (TPSA) is 26.0 Å². The van der Waals surface area contributed by atoms with Crippen LogP contribution in [-0.4, -0.2) is 14.6 Å². The summed E-state index contributed by atoms with van der Waals surface area (Å²) in [5.41, 5.74) is 0. The van der Waals surface area contributed by atoms with Crippen LogP contribution in [0, 0.1) is 0 Å².